The summed E-state index contributed by atoms with van der Waals surface area (Å²) in [5.41, 5.74) is 0.587. The van der Waals surface area contributed by atoms with Crippen molar-refractivity contribution in [1.29, 1.82) is 0 Å². The van der Waals surface area contributed by atoms with E-state index in [4.69, 9.17) is 4.43 Å². The zero-order valence-electron chi connectivity index (χ0n) is 20.0. The Labute approximate surface area is 175 Å². The van der Waals surface area contributed by atoms with Gasteiger partial charge in [0.1, 0.15) is 0 Å². The van der Waals surface area contributed by atoms with Crippen molar-refractivity contribution in [3.8, 4) is 0 Å². The average molecular weight is 407 g/mol. The van der Waals surface area contributed by atoms with Crippen LogP contribution in [0.15, 0.2) is 12.2 Å². The van der Waals surface area contributed by atoms with Gasteiger partial charge in [0.05, 0.1) is 6.10 Å². The highest BCUT2D eigenvalue weighted by atomic mass is 28.4. The van der Waals surface area contributed by atoms with Crippen molar-refractivity contribution < 1.29 is 9.53 Å². The van der Waals surface area contributed by atoms with Gasteiger partial charge in [-0.05, 0) is 78.3 Å². The number of rotatable bonds is 3. The molecule has 162 valence electrons. The largest absolute Gasteiger partial charge is 0.413 e. The predicted molar refractivity (Wildman–Crippen MR) is 122 cm³/mol. The van der Waals surface area contributed by atoms with Gasteiger partial charge in [0, 0.05) is 12.5 Å². The zero-order valence-corrected chi connectivity index (χ0v) is 21.0. The first-order valence-electron chi connectivity index (χ1n) is 11.7. The molecule has 1 N–H and O–H groups in total. The van der Waals surface area contributed by atoms with Crippen molar-refractivity contribution in [2.24, 2.45) is 40.4 Å². The standard InChI is InChI=1S/C25H46O2Si/c1-17-18(16-26)10-12-20-19(17)11-13-21-24(5,6)22(14-15-25(20,21)7)27-28(8,9)23(2,3)4/h10,12,17-22,26H,11,13-16H2,1-9H3/t17-,18?,19-,20-,21-,22-,25+/m1/s1. The summed E-state index contributed by atoms with van der Waals surface area (Å²) in [6.45, 7) is 22.2. The highest BCUT2D eigenvalue weighted by Crippen LogP contribution is 2.64. The summed E-state index contributed by atoms with van der Waals surface area (Å²) in [5, 5.41) is 10.0. The molecule has 0 saturated heterocycles. The van der Waals surface area contributed by atoms with E-state index in [2.05, 4.69) is 73.7 Å². The third-order valence-corrected chi connectivity index (χ3v) is 14.3. The van der Waals surface area contributed by atoms with Crippen LogP contribution in [-0.2, 0) is 4.43 Å². The lowest BCUT2D eigenvalue weighted by atomic mass is 9.43. The van der Waals surface area contributed by atoms with Crippen LogP contribution in [0, 0.1) is 40.4 Å². The summed E-state index contributed by atoms with van der Waals surface area (Å²) in [4.78, 5) is 0. The first-order valence-corrected chi connectivity index (χ1v) is 14.6. The van der Waals surface area contributed by atoms with Crippen LogP contribution in [0.2, 0.25) is 18.1 Å². The Balaban J connectivity index is 1.87. The van der Waals surface area contributed by atoms with Crippen molar-refractivity contribution >= 4 is 8.32 Å². The molecule has 0 aromatic heterocycles. The van der Waals surface area contributed by atoms with E-state index in [9.17, 15) is 5.11 Å². The van der Waals surface area contributed by atoms with Crippen LogP contribution in [0.5, 0.6) is 0 Å². The average Bonchev–Trinajstić information content (AvgIpc) is 2.57. The molecule has 0 bridgehead atoms. The number of allylic oxidation sites excluding steroid dienone is 1. The zero-order chi connectivity index (χ0) is 21.1. The molecule has 0 aromatic carbocycles. The minimum Gasteiger partial charge on any atom is -0.413 e. The predicted octanol–water partition coefficient (Wildman–Crippen LogP) is 6.66. The topological polar surface area (TPSA) is 29.5 Å². The van der Waals surface area contributed by atoms with Gasteiger partial charge >= 0.3 is 0 Å². The summed E-state index contributed by atoms with van der Waals surface area (Å²) < 4.78 is 7.03. The third-order valence-electron chi connectivity index (χ3n) is 9.85. The first-order chi connectivity index (χ1) is 12.8. The SMILES string of the molecule is C[C@@H]1C(CO)C=C[C@@H]2[C@@H]1CC[C@@H]1C(C)(C)[C@H](O[Si](C)(C)C(C)(C)C)CC[C@@]21C. The van der Waals surface area contributed by atoms with E-state index < -0.39 is 8.32 Å². The molecular weight excluding hydrogens is 360 g/mol. The number of aliphatic hydroxyl groups is 1. The molecule has 0 amide bonds. The number of fused-ring (bicyclic) bond motifs is 3. The van der Waals surface area contributed by atoms with Crippen LogP contribution >= 0.6 is 0 Å². The molecule has 2 nitrogen and oxygen atoms in total. The summed E-state index contributed by atoms with van der Waals surface area (Å²) in [6, 6.07) is 0. The van der Waals surface area contributed by atoms with Crippen LogP contribution < -0.4 is 0 Å². The number of hydrogen-bond donors (Lipinski definition) is 1. The second kappa shape index (κ2) is 7.23. The van der Waals surface area contributed by atoms with E-state index in [1.54, 1.807) is 0 Å². The van der Waals surface area contributed by atoms with Gasteiger partial charge in [0.15, 0.2) is 8.32 Å². The Morgan fingerprint density at radius 1 is 1.07 bits per heavy atom. The van der Waals surface area contributed by atoms with E-state index in [0.717, 1.165) is 5.92 Å². The molecule has 0 aromatic rings. The van der Waals surface area contributed by atoms with E-state index in [1.807, 2.05) is 0 Å². The maximum absolute atomic E-state index is 9.78. The molecule has 3 heteroatoms. The number of hydrogen-bond acceptors (Lipinski definition) is 2. The molecular formula is C25H46O2Si. The first kappa shape index (κ1) is 22.6. The van der Waals surface area contributed by atoms with Gasteiger partial charge in [-0.3, -0.25) is 0 Å². The Kier molecular flexibility index (Phi) is 5.83. The molecule has 3 aliphatic rings. The van der Waals surface area contributed by atoms with Crippen molar-refractivity contribution in [1.82, 2.24) is 0 Å². The lowest BCUT2D eigenvalue weighted by Crippen LogP contribution is -2.60. The summed E-state index contributed by atoms with van der Waals surface area (Å²) in [7, 11) is -1.76. The Morgan fingerprint density at radius 3 is 2.29 bits per heavy atom. The van der Waals surface area contributed by atoms with Gasteiger partial charge < -0.3 is 9.53 Å². The Hall–Kier alpha value is -0.123. The van der Waals surface area contributed by atoms with Gasteiger partial charge in [-0.2, -0.15) is 0 Å². The smallest absolute Gasteiger partial charge is 0.192 e. The van der Waals surface area contributed by atoms with Gasteiger partial charge in [0.25, 0.3) is 0 Å². The molecule has 0 spiro atoms. The molecule has 2 fully saturated rings. The summed E-state index contributed by atoms with van der Waals surface area (Å²) in [5.74, 6) is 3.07. The molecule has 7 atom stereocenters. The van der Waals surface area contributed by atoms with Gasteiger partial charge in [0.2, 0.25) is 0 Å². The van der Waals surface area contributed by atoms with Crippen LogP contribution in [0.4, 0.5) is 0 Å². The normalized spacial score (nSPS) is 43.4. The van der Waals surface area contributed by atoms with Crippen molar-refractivity contribution in [3.05, 3.63) is 12.2 Å². The van der Waals surface area contributed by atoms with Crippen molar-refractivity contribution in [2.75, 3.05) is 6.61 Å². The third kappa shape index (κ3) is 3.48. The Morgan fingerprint density at radius 2 is 1.71 bits per heavy atom. The summed E-state index contributed by atoms with van der Waals surface area (Å²) >= 11 is 0. The fourth-order valence-corrected chi connectivity index (χ4v) is 8.36. The second-order valence-corrected chi connectivity index (χ2v) is 17.4. The molecule has 3 rings (SSSR count). The molecule has 2 saturated carbocycles. The summed E-state index contributed by atoms with van der Waals surface area (Å²) in [6.07, 6.45) is 10.3. The molecule has 0 aliphatic heterocycles. The Bertz CT molecular complexity index is 602. The van der Waals surface area contributed by atoms with Crippen LogP contribution in [0.1, 0.15) is 74.1 Å². The van der Waals surface area contributed by atoms with Crippen LogP contribution in [0.3, 0.4) is 0 Å². The maximum atomic E-state index is 9.78. The molecule has 0 radical (unpaired) electrons. The highest BCUT2D eigenvalue weighted by molar-refractivity contribution is 6.74. The minimum absolute atomic E-state index is 0.221. The second-order valence-electron chi connectivity index (χ2n) is 12.6. The highest BCUT2D eigenvalue weighted by Gasteiger charge is 2.59. The van der Waals surface area contributed by atoms with E-state index >= 15 is 0 Å². The molecule has 0 heterocycles. The molecule has 28 heavy (non-hydrogen) atoms. The number of aliphatic hydroxyl groups excluding tert-OH is 1. The lowest BCUT2D eigenvalue weighted by Gasteiger charge is -2.63. The fourth-order valence-electron chi connectivity index (χ4n) is 6.87. The van der Waals surface area contributed by atoms with Gasteiger partial charge in [-0.1, -0.05) is 60.6 Å². The monoisotopic (exact) mass is 406 g/mol. The quantitative estimate of drug-likeness (QED) is 0.419. The van der Waals surface area contributed by atoms with E-state index in [-0.39, 0.29) is 10.5 Å². The minimum atomic E-state index is -1.76. The fraction of sp³-hybridized carbons (Fsp3) is 0.920. The van der Waals surface area contributed by atoms with E-state index in [1.165, 1.54) is 25.7 Å². The van der Waals surface area contributed by atoms with Crippen molar-refractivity contribution in [2.45, 2.75) is 98.4 Å². The van der Waals surface area contributed by atoms with Crippen molar-refractivity contribution in [3.63, 3.8) is 0 Å². The lowest BCUT2D eigenvalue weighted by molar-refractivity contribution is -0.145. The molecule has 3 aliphatic carbocycles. The van der Waals surface area contributed by atoms with Gasteiger partial charge in [-0.25, -0.2) is 0 Å². The van der Waals surface area contributed by atoms with Gasteiger partial charge in [-0.15, -0.1) is 0 Å². The maximum Gasteiger partial charge on any atom is 0.192 e. The van der Waals surface area contributed by atoms with Crippen LogP contribution in [-0.4, -0.2) is 26.1 Å². The molecule has 1 unspecified atom stereocenters. The van der Waals surface area contributed by atoms with E-state index in [0.29, 0.717) is 41.8 Å². The van der Waals surface area contributed by atoms with Crippen LogP contribution in [0.25, 0.3) is 0 Å².